The van der Waals surface area contributed by atoms with Crippen molar-refractivity contribution in [2.45, 2.75) is 19.8 Å². The smallest absolute Gasteiger partial charge is 0.309 e. The number of guanidine groups is 1. The molecule has 0 radical (unpaired) electrons. The van der Waals surface area contributed by atoms with Crippen molar-refractivity contribution in [2.24, 2.45) is 10.9 Å². The number of nitrogens with one attached hydrogen (secondary N) is 1. The van der Waals surface area contributed by atoms with Crippen LogP contribution in [0.2, 0.25) is 0 Å². The zero-order valence-corrected chi connectivity index (χ0v) is 16.5. The maximum absolute atomic E-state index is 11.7. The topological polar surface area (TPSA) is 88.1 Å². The van der Waals surface area contributed by atoms with Gasteiger partial charge >= 0.3 is 5.97 Å². The third kappa shape index (κ3) is 7.61. The van der Waals surface area contributed by atoms with E-state index in [9.17, 15) is 13.2 Å². The van der Waals surface area contributed by atoms with E-state index >= 15 is 0 Å². The largest absolute Gasteiger partial charge is 0.466 e. The van der Waals surface area contributed by atoms with E-state index < -0.39 is 9.84 Å². The summed E-state index contributed by atoms with van der Waals surface area (Å²) < 4.78 is 27.3. The molecule has 1 aliphatic heterocycles. The number of nitrogens with zero attached hydrogens (tertiary/aromatic N) is 2. The lowest BCUT2D eigenvalue weighted by atomic mass is 9.97. The Balaban J connectivity index is 0.00000441. The van der Waals surface area contributed by atoms with Gasteiger partial charge in [0.25, 0.3) is 0 Å². The van der Waals surface area contributed by atoms with Crippen LogP contribution in [-0.4, -0.2) is 70.5 Å². The number of piperidine rings is 1. The van der Waals surface area contributed by atoms with Gasteiger partial charge in [-0.05, 0) is 19.8 Å². The van der Waals surface area contributed by atoms with E-state index in [1.54, 1.807) is 14.0 Å². The number of carbonyl (C=O) groups excluding carboxylic acids is 1. The standard InChI is InChI=1S/C13H25N3O4S.HI/c1-4-20-12(17)11-5-8-16(9-6-11)13(14-2)15-7-10-21(3,18)19;/h11H,4-10H2,1-3H3,(H,14,15);1H. The molecule has 1 saturated heterocycles. The summed E-state index contributed by atoms with van der Waals surface area (Å²) in [6, 6.07) is 0. The fourth-order valence-corrected chi connectivity index (χ4v) is 2.74. The number of sulfone groups is 1. The highest BCUT2D eigenvalue weighted by Crippen LogP contribution is 2.18. The third-order valence-electron chi connectivity index (χ3n) is 3.38. The minimum atomic E-state index is -2.98. The minimum Gasteiger partial charge on any atom is -0.466 e. The molecule has 1 fully saturated rings. The Labute approximate surface area is 149 Å². The molecule has 22 heavy (non-hydrogen) atoms. The summed E-state index contributed by atoms with van der Waals surface area (Å²) in [5.74, 6) is 0.583. The van der Waals surface area contributed by atoms with Crippen molar-refractivity contribution in [1.82, 2.24) is 10.2 Å². The van der Waals surface area contributed by atoms with Gasteiger partial charge in [0.2, 0.25) is 0 Å². The molecule has 1 rings (SSSR count). The summed E-state index contributed by atoms with van der Waals surface area (Å²) in [7, 11) is -1.32. The second-order valence-corrected chi connectivity index (χ2v) is 7.38. The molecule has 1 aliphatic rings. The van der Waals surface area contributed by atoms with E-state index in [4.69, 9.17) is 4.74 Å². The minimum absolute atomic E-state index is 0. The van der Waals surface area contributed by atoms with Gasteiger partial charge in [0.05, 0.1) is 18.3 Å². The van der Waals surface area contributed by atoms with Gasteiger partial charge in [0, 0.05) is 32.9 Å². The van der Waals surface area contributed by atoms with Crippen molar-refractivity contribution in [3.8, 4) is 0 Å². The number of hydrogen-bond acceptors (Lipinski definition) is 5. The van der Waals surface area contributed by atoms with Gasteiger partial charge in [-0.25, -0.2) is 8.42 Å². The average Bonchev–Trinajstić information content (AvgIpc) is 2.43. The van der Waals surface area contributed by atoms with Gasteiger partial charge < -0.3 is 15.0 Å². The number of halogens is 1. The van der Waals surface area contributed by atoms with Crippen LogP contribution in [0.15, 0.2) is 4.99 Å². The quantitative estimate of drug-likeness (QED) is 0.286. The number of rotatable bonds is 5. The second kappa shape index (κ2) is 10.2. The van der Waals surface area contributed by atoms with Crippen LogP contribution >= 0.6 is 24.0 Å². The van der Waals surface area contributed by atoms with Crippen LogP contribution in [0.25, 0.3) is 0 Å². The predicted molar refractivity (Wildman–Crippen MR) is 97.4 cm³/mol. The molecular weight excluding hydrogens is 421 g/mol. The van der Waals surface area contributed by atoms with Crippen LogP contribution in [0, 0.1) is 5.92 Å². The lowest BCUT2D eigenvalue weighted by Crippen LogP contribution is -2.47. The third-order valence-corrected chi connectivity index (χ3v) is 4.33. The first-order valence-corrected chi connectivity index (χ1v) is 9.23. The molecule has 0 amide bonds. The fraction of sp³-hybridized carbons (Fsp3) is 0.846. The summed E-state index contributed by atoms with van der Waals surface area (Å²) in [4.78, 5) is 17.9. The van der Waals surface area contributed by atoms with E-state index in [1.165, 1.54) is 6.26 Å². The highest BCUT2D eigenvalue weighted by atomic mass is 127. The summed E-state index contributed by atoms with van der Waals surface area (Å²) >= 11 is 0. The lowest BCUT2D eigenvalue weighted by Gasteiger charge is -2.33. The summed E-state index contributed by atoms with van der Waals surface area (Å²) in [6.45, 7) is 3.97. The van der Waals surface area contributed by atoms with Gasteiger partial charge in [-0.1, -0.05) is 0 Å². The highest BCUT2D eigenvalue weighted by molar-refractivity contribution is 14.0. The molecule has 0 atom stereocenters. The van der Waals surface area contributed by atoms with Crippen LogP contribution in [0.3, 0.4) is 0 Å². The monoisotopic (exact) mass is 447 g/mol. The van der Waals surface area contributed by atoms with E-state index in [2.05, 4.69) is 10.3 Å². The SMILES string of the molecule is CCOC(=O)C1CCN(C(=NC)NCCS(C)(=O)=O)CC1.I. The van der Waals surface area contributed by atoms with Crippen LogP contribution in [0.1, 0.15) is 19.8 Å². The number of likely N-dealkylation sites (tertiary alicyclic amines) is 1. The van der Waals surface area contributed by atoms with Crippen molar-refractivity contribution in [1.29, 1.82) is 0 Å². The Kier molecular flexibility index (Phi) is 9.97. The van der Waals surface area contributed by atoms with E-state index in [1.807, 2.05) is 4.90 Å². The van der Waals surface area contributed by atoms with Gasteiger partial charge in [-0.2, -0.15) is 0 Å². The van der Waals surface area contributed by atoms with Crippen molar-refractivity contribution < 1.29 is 17.9 Å². The molecule has 0 aromatic rings. The first kappa shape index (κ1) is 21.4. The number of esters is 1. The number of carbonyl (C=O) groups is 1. The lowest BCUT2D eigenvalue weighted by molar-refractivity contribution is -0.149. The molecule has 130 valence electrons. The molecule has 0 saturated carbocycles. The van der Waals surface area contributed by atoms with Gasteiger partial charge in [-0.3, -0.25) is 9.79 Å². The zero-order chi connectivity index (χ0) is 15.9. The Bertz CT molecular complexity index is 474. The molecule has 0 unspecified atom stereocenters. The second-order valence-electron chi connectivity index (χ2n) is 5.12. The normalized spacial score (nSPS) is 16.9. The fourth-order valence-electron chi connectivity index (χ4n) is 2.27. The molecule has 0 aliphatic carbocycles. The maximum atomic E-state index is 11.7. The van der Waals surface area contributed by atoms with Gasteiger partial charge in [0.1, 0.15) is 9.84 Å². The van der Waals surface area contributed by atoms with E-state index in [0.29, 0.717) is 32.2 Å². The summed E-state index contributed by atoms with van der Waals surface area (Å²) in [6.07, 6.45) is 2.67. The van der Waals surface area contributed by atoms with Gasteiger partial charge in [-0.15, -0.1) is 24.0 Å². The number of hydrogen-bond donors (Lipinski definition) is 1. The zero-order valence-electron chi connectivity index (χ0n) is 13.4. The number of ether oxygens (including phenoxy) is 1. The summed E-state index contributed by atoms with van der Waals surface area (Å²) in [5.41, 5.74) is 0. The molecular formula is C13H26IN3O4S. The Hall–Kier alpha value is -0.580. The van der Waals surface area contributed by atoms with Crippen molar-refractivity contribution >= 4 is 45.7 Å². The van der Waals surface area contributed by atoms with Crippen LogP contribution < -0.4 is 5.32 Å². The number of aliphatic imine (C=N–C) groups is 1. The molecule has 1 heterocycles. The molecule has 0 spiro atoms. The Morgan fingerprint density at radius 3 is 2.41 bits per heavy atom. The first-order chi connectivity index (χ1) is 9.87. The van der Waals surface area contributed by atoms with Crippen molar-refractivity contribution in [3.05, 3.63) is 0 Å². The molecule has 1 N–H and O–H groups in total. The highest BCUT2D eigenvalue weighted by Gasteiger charge is 2.27. The van der Waals surface area contributed by atoms with E-state index in [0.717, 1.165) is 12.8 Å². The molecule has 0 bridgehead atoms. The van der Waals surface area contributed by atoms with Crippen molar-refractivity contribution in [3.63, 3.8) is 0 Å². The molecule has 0 aromatic heterocycles. The molecule has 9 heteroatoms. The molecule has 7 nitrogen and oxygen atoms in total. The first-order valence-electron chi connectivity index (χ1n) is 7.17. The summed E-state index contributed by atoms with van der Waals surface area (Å²) in [5, 5.41) is 3.05. The van der Waals surface area contributed by atoms with E-state index in [-0.39, 0.29) is 41.6 Å². The predicted octanol–water partition coefficient (Wildman–Crippen LogP) is 0.500. The van der Waals surface area contributed by atoms with Crippen LogP contribution in [-0.2, 0) is 19.4 Å². The van der Waals surface area contributed by atoms with Gasteiger partial charge in [0.15, 0.2) is 5.96 Å². The Morgan fingerprint density at radius 1 is 1.36 bits per heavy atom. The maximum Gasteiger partial charge on any atom is 0.309 e. The Morgan fingerprint density at radius 2 is 1.95 bits per heavy atom. The molecule has 0 aromatic carbocycles. The van der Waals surface area contributed by atoms with Crippen LogP contribution in [0.4, 0.5) is 0 Å². The average molecular weight is 447 g/mol. The van der Waals surface area contributed by atoms with Crippen LogP contribution in [0.5, 0.6) is 0 Å². The van der Waals surface area contributed by atoms with Crippen molar-refractivity contribution in [2.75, 3.05) is 45.3 Å².